The second-order valence-corrected chi connectivity index (χ2v) is 5.59. The minimum absolute atomic E-state index is 0.0276. The fourth-order valence-corrected chi connectivity index (χ4v) is 3.17. The Morgan fingerprint density at radius 3 is 2.89 bits per heavy atom. The summed E-state index contributed by atoms with van der Waals surface area (Å²) in [6, 6.07) is -0.926. The number of aliphatic carboxylic acids is 1. The SMILES string of the molecule is CC(=O)CCOCC1=CSC2CC(=O)N2C1C(=O)O. The number of ether oxygens (including phenoxy) is 1. The minimum atomic E-state index is -1.04. The first kappa shape index (κ1) is 14.1. The van der Waals surface area contributed by atoms with Crippen LogP contribution >= 0.6 is 11.8 Å². The van der Waals surface area contributed by atoms with Crippen molar-refractivity contribution in [3.05, 3.63) is 11.0 Å². The van der Waals surface area contributed by atoms with Crippen molar-refractivity contribution < 1.29 is 24.2 Å². The van der Waals surface area contributed by atoms with Crippen molar-refractivity contribution in [1.82, 2.24) is 4.90 Å². The van der Waals surface area contributed by atoms with Crippen LogP contribution < -0.4 is 0 Å². The predicted octanol–water partition coefficient (Wildman–Crippen LogP) is 0.624. The molecule has 2 atom stereocenters. The van der Waals surface area contributed by atoms with Crippen LogP contribution in [0.2, 0.25) is 0 Å². The van der Waals surface area contributed by atoms with Crippen LogP contribution in [0.15, 0.2) is 11.0 Å². The molecule has 0 aliphatic carbocycles. The zero-order valence-corrected chi connectivity index (χ0v) is 11.3. The van der Waals surface area contributed by atoms with Gasteiger partial charge in [-0.05, 0) is 17.9 Å². The number of ketones is 1. The Bertz CT molecular complexity index is 447. The lowest BCUT2D eigenvalue weighted by Crippen LogP contribution is -2.60. The number of hydrogen-bond donors (Lipinski definition) is 1. The molecule has 19 heavy (non-hydrogen) atoms. The summed E-state index contributed by atoms with van der Waals surface area (Å²) in [6.45, 7) is 1.87. The predicted molar refractivity (Wildman–Crippen MR) is 68.5 cm³/mol. The third kappa shape index (κ3) is 2.98. The number of thioether (sulfide) groups is 1. The molecule has 0 radical (unpaired) electrons. The Morgan fingerprint density at radius 1 is 1.58 bits per heavy atom. The molecule has 6 nitrogen and oxygen atoms in total. The van der Waals surface area contributed by atoms with Crippen molar-refractivity contribution in [2.75, 3.05) is 13.2 Å². The third-order valence-corrected chi connectivity index (χ3v) is 4.20. The number of amides is 1. The Hall–Kier alpha value is -1.34. The van der Waals surface area contributed by atoms with Gasteiger partial charge in [0.25, 0.3) is 0 Å². The molecule has 0 aromatic carbocycles. The third-order valence-electron chi connectivity index (χ3n) is 3.05. The number of fused-ring (bicyclic) bond motifs is 1. The Kier molecular flexibility index (Phi) is 4.26. The zero-order valence-electron chi connectivity index (χ0n) is 10.5. The summed E-state index contributed by atoms with van der Waals surface area (Å²) in [4.78, 5) is 34.9. The van der Waals surface area contributed by atoms with E-state index in [0.29, 0.717) is 18.4 Å². The molecule has 2 rings (SSSR count). The number of carbonyl (C=O) groups is 3. The molecule has 2 unspecified atom stereocenters. The number of carbonyl (C=O) groups excluding carboxylic acids is 2. The normalized spacial score (nSPS) is 25.4. The van der Waals surface area contributed by atoms with Crippen LogP contribution in [0.4, 0.5) is 0 Å². The van der Waals surface area contributed by atoms with E-state index in [0.717, 1.165) is 0 Å². The molecule has 1 saturated heterocycles. The summed E-state index contributed by atoms with van der Waals surface area (Å²) in [5.41, 5.74) is 0.561. The van der Waals surface area contributed by atoms with E-state index >= 15 is 0 Å². The molecule has 7 heteroatoms. The highest BCUT2D eigenvalue weighted by molar-refractivity contribution is 8.02. The monoisotopic (exact) mass is 285 g/mol. The summed E-state index contributed by atoms with van der Waals surface area (Å²) in [5.74, 6) is -1.15. The van der Waals surface area contributed by atoms with Crippen LogP contribution in [0, 0.1) is 0 Å². The first-order valence-electron chi connectivity index (χ1n) is 5.96. The minimum Gasteiger partial charge on any atom is -0.479 e. The van der Waals surface area contributed by atoms with Crippen LogP contribution in [0.5, 0.6) is 0 Å². The first-order chi connectivity index (χ1) is 9.00. The zero-order chi connectivity index (χ0) is 14.0. The molecular formula is C12H15NO5S. The topological polar surface area (TPSA) is 83.9 Å². The lowest BCUT2D eigenvalue weighted by atomic mass is 10.0. The molecule has 0 spiro atoms. The molecule has 2 aliphatic heterocycles. The molecule has 0 bridgehead atoms. The van der Waals surface area contributed by atoms with E-state index in [-0.39, 0.29) is 30.3 Å². The van der Waals surface area contributed by atoms with Gasteiger partial charge in [-0.15, -0.1) is 11.8 Å². The van der Waals surface area contributed by atoms with Crippen molar-refractivity contribution in [2.45, 2.75) is 31.2 Å². The number of carboxylic acids is 1. The van der Waals surface area contributed by atoms with Gasteiger partial charge in [0, 0.05) is 6.42 Å². The summed E-state index contributed by atoms with van der Waals surface area (Å²) in [7, 11) is 0. The maximum absolute atomic E-state index is 11.5. The van der Waals surface area contributed by atoms with Gasteiger partial charge in [-0.3, -0.25) is 9.59 Å². The first-order valence-corrected chi connectivity index (χ1v) is 6.90. The number of hydrogen-bond acceptors (Lipinski definition) is 5. The number of carboxylic acid groups (broad SMARTS) is 1. The van der Waals surface area contributed by atoms with E-state index in [1.807, 2.05) is 0 Å². The van der Waals surface area contributed by atoms with Crippen LogP contribution in [0.25, 0.3) is 0 Å². The van der Waals surface area contributed by atoms with E-state index < -0.39 is 12.0 Å². The second kappa shape index (κ2) is 5.75. The second-order valence-electron chi connectivity index (χ2n) is 4.53. The molecule has 1 amide bonds. The lowest BCUT2D eigenvalue weighted by Gasteiger charge is -2.46. The smallest absolute Gasteiger partial charge is 0.330 e. The van der Waals surface area contributed by atoms with Crippen molar-refractivity contribution in [3.8, 4) is 0 Å². The summed E-state index contributed by atoms with van der Waals surface area (Å²) in [6.07, 6.45) is 0.701. The molecule has 104 valence electrons. The van der Waals surface area contributed by atoms with Gasteiger partial charge in [-0.1, -0.05) is 0 Å². The van der Waals surface area contributed by atoms with E-state index in [4.69, 9.17) is 4.74 Å². The highest BCUT2D eigenvalue weighted by atomic mass is 32.2. The molecule has 0 saturated carbocycles. The largest absolute Gasteiger partial charge is 0.479 e. The van der Waals surface area contributed by atoms with E-state index in [1.165, 1.54) is 23.6 Å². The van der Waals surface area contributed by atoms with Gasteiger partial charge >= 0.3 is 5.97 Å². The Labute approximate surface area is 114 Å². The number of Topliss-reactive ketones (excluding diaryl/α,β-unsaturated/α-hetero) is 1. The molecule has 1 fully saturated rings. The summed E-state index contributed by atoms with van der Waals surface area (Å²) < 4.78 is 5.30. The summed E-state index contributed by atoms with van der Waals surface area (Å²) >= 11 is 1.44. The van der Waals surface area contributed by atoms with Crippen molar-refractivity contribution in [1.29, 1.82) is 0 Å². The number of rotatable bonds is 6. The van der Waals surface area contributed by atoms with Gasteiger partial charge in [0.15, 0.2) is 6.04 Å². The molecule has 0 aromatic rings. The molecular weight excluding hydrogens is 270 g/mol. The van der Waals surface area contributed by atoms with Crippen LogP contribution in [0.3, 0.4) is 0 Å². The van der Waals surface area contributed by atoms with Gasteiger partial charge in [0.1, 0.15) is 5.78 Å². The van der Waals surface area contributed by atoms with Crippen LogP contribution in [0.1, 0.15) is 19.8 Å². The van der Waals surface area contributed by atoms with Crippen molar-refractivity contribution in [2.24, 2.45) is 0 Å². The van der Waals surface area contributed by atoms with Gasteiger partial charge in [0.2, 0.25) is 5.91 Å². The lowest BCUT2D eigenvalue weighted by molar-refractivity contribution is -0.156. The number of β-lactam (4-membered cyclic amide) rings is 1. The van der Waals surface area contributed by atoms with E-state index in [1.54, 1.807) is 5.41 Å². The van der Waals surface area contributed by atoms with Crippen molar-refractivity contribution >= 4 is 29.4 Å². The van der Waals surface area contributed by atoms with Crippen LogP contribution in [-0.4, -0.2) is 52.3 Å². The van der Waals surface area contributed by atoms with Gasteiger partial charge < -0.3 is 14.7 Å². The van der Waals surface area contributed by atoms with Gasteiger partial charge in [0.05, 0.1) is 25.0 Å². The Morgan fingerprint density at radius 2 is 2.32 bits per heavy atom. The molecule has 2 heterocycles. The Balaban J connectivity index is 1.96. The van der Waals surface area contributed by atoms with Crippen molar-refractivity contribution in [3.63, 3.8) is 0 Å². The quantitative estimate of drug-likeness (QED) is 0.569. The highest BCUT2D eigenvalue weighted by Crippen LogP contribution is 2.39. The van der Waals surface area contributed by atoms with E-state index in [9.17, 15) is 19.5 Å². The highest BCUT2D eigenvalue weighted by Gasteiger charge is 2.47. The fourth-order valence-electron chi connectivity index (χ4n) is 2.03. The summed E-state index contributed by atoms with van der Waals surface area (Å²) in [5, 5.41) is 10.9. The molecule has 1 N–H and O–H groups in total. The average Bonchev–Trinajstić information content (AvgIpc) is 2.33. The maximum Gasteiger partial charge on any atom is 0.330 e. The standard InChI is InChI=1S/C12H15NO5S/c1-7(14)2-3-18-5-8-6-19-10-4-9(15)13(10)11(8)12(16)17/h6,10-11H,2-5H2,1H3,(H,16,17). The molecule has 0 aromatic heterocycles. The number of nitrogens with zero attached hydrogens (tertiary/aromatic N) is 1. The fraction of sp³-hybridized carbons (Fsp3) is 0.583. The maximum atomic E-state index is 11.5. The average molecular weight is 285 g/mol. The van der Waals surface area contributed by atoms with Crippen LogP contribution in [-0.2, 0) is 19.1 Å². The van der Waals surface area contributed by atoms with E-state index in [2.05, 4.69) is 0 Å². The van der Waals surface area contributed by atoms with Gasteiger partial charge in [-0.25, -0.2) is 4.79 Å². The molecule has 2 aliphatic rings. The van der Waals surface area contributed by atoms with Gasteiger partial charge in [-0.2, -0.15) is 0 Å².